The second-order valence-electron chi connectivity index (χ2n) is 7.15. The molecule has 1 heterocycles. The molecule has 2 amide bonds. The zero-order valence-corrected chi connectivity index (χ0v) is 17.0. The van der Waals surface area contributed by atoms with Crippen LogP contribution in [0.2, 0.25) is 0 Å². The van der Waals surface area contributed by atoms with Gasteiger partial charge in [-0.2, -0.15) is 0 Å². The number of rotatable bonds is 6. The monoisotopic (exact) mass is 396 g/mol. The summed E-state index contributed by atoms with van der Waals surface area (Å²) in [6, 6.07) is 15.2. The number of carbonyl (C=O) groups excluding carboxylic acids is 2. The van der Waals surface area contributed by atoms with E-state index in [2.05, 4.69) is 27.5 Å². The second-order valence-corrected chi connectivity index (χ2v) is 7.15. The molecule has 0 unspecified atom stereocenters. The summed E-state index contributed by atoms with van der Waals surface area (Å²) in [5.74, 6) is -0.536. The first-order chi connectivity index (χ1) is 14.0. The third-order valence-corrected chi connectivity index (χ3v) is 5.03. The van der Waals surface area contributed by atoms with E-state index in [1.54, 1.807) is 7.11 Å². The van der Waals surface area contributed by atoms with Crippen molar-refractivity contribution in [2.75, 3.05) is 57.1 Å². The summed E-state index contributed by atoms with van der Waals surface area (Å²) in [4.78, 5) is 28.8. The maximum Gasteiger partial charge on any atom is 0.313 e. The first kappa shape index (κ1) is 20.7. The van der Waals surface area contributed by atoms with Gasteiger partial charge in [0.05, 0.1) is 7.11 Å². The van der Waals surface area contributed by atoms with Gasteiger partial charge in [-0.05, 0) is 55.4 Å². The van der Waals surface area contributed by atoms with Gasteiger partial charge in [-0.15, -0.1) is 0 Å². The van der Waals surface area contributed by atoms with Crippen molar-refractivity contribution in [3.63, 3.8) is 0 Å². The Bertz CT molecular complexity index is 830. The lowest BCUT2D eigenvalue weighted by molar-refractivity contribution is -0.136. The smallest absolute Gasteiger partial charge is 0.313 e. The van der Waals surface area contributed by atoms with Crippen molar-refractivity contribution < 1.29 is 14.3 Å². The van der Waals surface area contributed by atoms with E-state index < -0.39 is 11.8 Å². The van der Waals surface area contributed by atoms with Crippen LogP contribution >= 0.6 is 0 Å². The number of nitrogens with zero attached hydrogens (tertiary/aromatic N) is 2. The van der Waals surface area contributed by atoms with Crippen LogP contribution in [0.4, 0.5) is 11.4 Å². The Labute approximate surface area is 171 Å². The summed E-state index contributed by atoms with van der Waals surface area (Å²) in [5, 5.41) is 5.30. The number of carbonyl (C=O) groups is 2. The normalized spacial score (nSPS) is 14.3. The summed E-state index contributed by atoms with van der Waals surface area (Å²) in [5.41, 5.74) is 2.76. The first-order valence-electron chi connectivity index (χ1n) is 9.81. The Hall–Kier alpha value is -3.06. The van der Waals surface area contributed by atoms with E-state index in [4.69, 9.17) is 4.74 Å². The molecule has 0 saturated carbocycles. The van der Waals surface area contributed by atoms with Crippen LogP contribution < -0.4 is 20.3 Å². The minimum atomic E-state index is -0.664. The molecule has 2 N–H and O–H groups in total. The Morgan fingerprint density at radius 2 is 1.72 bits per heavy atom. The van der Waals surface area contributed by atoms with E-state index in [1.165, 1.54) is 0 Å². The topological polar surface area (TPSA) is 73.9 Å². The molecule has 7 heteroatoms. The fraction of sp³-hybridized carbons (Fsp3) is 0.364. The van der Waals surface area contributed by atoms with Gasteiger partial charge in [0, 0.05) is 44.1 Å². The number of ether oxygens (including phenoxy) is 1. The largest absolute Gasteiger partial charge is 0.497 e. The van der Waals surface area contributed by atoms with Crippen LogP contribution in [0.1, 0.15) is 5.56 Å². The summed E-state index contributed by atoms with van der Waals surface area (Å²) in [7, 11) is 3.74. The quantitative estimate of drug-likeness (QED) is 0.728. The van der Waals surface area contributed by atoms with Crippen LogP contribution in [-0.4, -0.2) is 63.6 Å². The molecule has 2 aromatic rings. The third-order valence-electron chi connectivity index (χ3n) is 5.03. The molecular formula is C22H28N4O3. The zero-order chi connectivity index (χ0) is 20.6. The molecule has 7 nitrogen and oxygen atoms in total. The third kappa shape index (κ3) is 5.96. The van der Waals surface area contributed by atoms with E-state index in [9.17, 15) is 9.59 Å². The summed E-state index contributed by atoms with van der Waals surface area (Å²) in [6.45, 7) is 4.42. The lowest BCUT2D eigenvalue weighted by Crippen LogP contribution is -2.44. The molecule has 3 rings (SSSR count). The van der Waals surface area contributed by atoms with Crippen molar-refractivity contribution in [3.05, 3.63) is 54.1 Å². The number of nitrogens with one attached hydrogen (secondary N) is 2. The van der Waals surface area contributed by atoms with Crippen LogP contribution in [-0.2, 0) is 16.0 Å². The molecule has 1 fully saturated rings. The second kappa shape index (κ2) is 9.93. The Kier molecular flexibility index (Phi) is 7.08. The molecule has 0 spiro atoms. The minimum Gasteiger partial charge on any atom is -0.497 e. The van der Waals surface area contributed by atoms with E-state index in [0.29, 0.717) is 18.7 Å². The molecular weight excluding hydrogens is 368 g/mol. The summed E-state index contributed by atoms with van der Waals surface area (Å²) in [6.07, 6.45) is 0.621. The highest BCUT2D eigenvalue weighted by atomic mass is 16.5. The maximum atomic E-state index is 12.1. The lowest BCUT2D eigenvalue weighted by Gasteiger charge is -2.34. The molecule has 0 radical (unpaired) electrons. The van der Waals surface area contributed by atoms with Gasteiger partial charge < -0.3 is 25.2 Å². The Balaban J connectivity index is 1.44. The first-order valence-corrected chi connectivity index (χ1v) is 9.81. The molecule has 1 aliphatic rings. The van der Waals surface area contributed by atoms with Crippen LogP contribution in [0.25, 0.3) is 0 Å². The standard InChI is InChI=1S/C22H28N4O3/c1-25-12-14-26(15-13-25)19-8-6-18(7-9-19)24-22(28)21(27)23-11-10-17-4-3-5-20(16-17)29-2/h3-9,16H,10-15H2,1-2H3,(H,23,27)(H,24,28). The van der Waals surface area contributed by atoms with Crippen LogP contribution in [0.3, 0.4) is 0 Å². The van der Waals surface area contributed by atoms with E-state index in [-0.39, 0.29) is 0 Å². The average molecular weight is 396 g/mol. The maximum absolute atomic E-state index is 12.1. The fourth-order valence-electron chi connectivity index (χ4n) is 3.24. The minimum absolute atomic E-state index is 0.377. The van der Waals surface area contributed by atoms with Crippen molar-refractivity contribution >= 4 is 23.2 Å². The number of amides is 2. The summed E-state index contributed by atoms with van der Waals surface area (Å²) >= 11 is 0. The van der Waals surface area contributed by atoms with Gasteiger partial charge >= 0.3 is 11.8 Å². The molecule has 0 aromatic heterocycles. The van der Waals surface area contributed by atoms with E-state index in [0.717, 1.165) is 43.2 Å². The molecule has 1 aliphatic heterocycles. The molecule has 0 atom stereocenters. The predicted molar refractivity (Wildman–Crippen MR) is 114 cm³/mol. The highest BCUT2D eigenvalue weighted by Crippen LogP contribution is 2.19. The Morgan fingerprint density at radius 1 is 1.00 bits per heavy atom. The van der Waals surface area contributed by atoms with Gasteiger partial charge in [-0.1, -0.05) is 12.1 Å². The van der Waals surface area contributed by atoms with Crippen molar-refractivity contribution in [2.24, 2.45) is 0 Å². The zero-order valence-electron chi connectivity index (χ0n) is 17.0. The van der Waals surface area contributed by atoms with Crippen LogP contribution in [0.5, 0.6) is 5.75 Å². The van der Waals surface area contributed by atoms with Gasteiger partial charge in [-0.3, -0.25) is 9.59 Å². The number of hydrogen-bond acceptors (Lipinski definition) is 5. The van der Waals surface area contributed by atoms with Crippen molar-refractivity contribution in [2.45, 2.75) is 6.42 Å². The molecule has 154 valence electrons. The number of likely N-dealkylation sites (N-methyl/N-ethyl adjacent to an activating group) is 1. The average Bonchev–Trinajstić information content (AvgIpc) is 2.75. The SMILES string of the molecule is COc1cccc(CCNC(=O)C(=O)Nc2ccc(N3CCN(C)CC3)cc2)c1. The highest BCUT2D eigenvalue weighted by Gasteiger charge is 2.16. The van der Waals surface area contributed by atoms with Crippen molar-refractivity contribution in [1.82, 2.24) is 10.2 Å². The number of anilines is 2. The Morgan fingerprint density at radius 3 is 2.41 bits per heavy atom. The molecule has 29 heavy (non-hydrogen) atoms. The lowest BCUT2D eigenvalue weighted by atomic mass is 10.1. The number of hydrogen-bond donors (Lipinski definition) is 2. The van der Waals surface area contributed by atoms with Gasteiger partial charge in [0.15, 0.2) is 0 Å². The van der Waals surface area contributed by atoms with Crippen molar-refractivity contribution in [1.29, 1.82) is 0 Å². The highest BCUT2D eigenvalue weighted by molar-refractivity contribution is 6.39. The van der Waals surface area contributed by atoms with Crippen molar-refractivity contribution in [3.8, 4) is 5.75 Å². The number of benzene rings is 2. The fourth-order valence-corrected chi connectivity index (χ4v) is 3.24. The molecule has 0 aliphatic carbocycles. The van der Waals surface area contributed by atoms with Gasteiger partial charge in [0.2, 0.25) is 0 Å². The van der Waals surface area contributed by atoms with Gasteiger partial charge in [0.25, 0.3) is 0 Å². The van der Waals surface area contributed by atoms with E-state index in [1.807, 2.05) is 48.5 Å². The van der Waals surface area contributed by atoms with Crippen LogP contribution in [0.15, 0.2) is 48.5 Å². The van der Waals surface area contributed by atoms with E-state index >= 15 is 0 Å². The summed E-state index contributed by atoms with van der Waals surface area (Å²) < 4.78 is 5.18. The van der Waals surface area contributed by atoms with Crippen LogP contribution in [0, 0.1) is 0 Å². The van der Waals surface area contributed by atoms with Gasteiger partial charge in [-0.25, -0.2) is 0 Å². The van der Waals surface area contributed by atoms with Gasteiger partial charge in [0.1, 0.15) is 5.75 Å². The molecule has 1 saturated heterocycles. The molecule has 2 aromatic carbocycles. The predicted octanol–water partition coefficient (Wildman–Crippen LogP) is 1.74. The molecule has 0 bridgehead atoms. The number of methoxy groups -OCH3 is 1. The number of piperazine rings is 1.